The number of benzene rings is 1. The molecule has 5 nitrogen and oxygen atoms in total. The Morgan fingerprint density at radius 1 is 1.18 bits per heavy atom. The SMILES string of the molecule is CC(C)C(NC(=O)Cc1ccccc1)C(=O)NCC(C)(C)N. The van der Waals surface area contributed by atoms with Gasteiger partial charge in [-0.1, -0.05) is 44.2 Å². The molecule has 1 rings (SSSR count). The van der Waals surface area contributed by atoms with Crippen LogP contribution in [0, 0.1) is 5.92 Å². The molecule has 1 unspecified atom stereocenters. The van der Waals surface area contributed by atoms with E-state index in [-0.39, 0.29) is 24.2 Å². The molecule has 1 aromatic carbocycles. The fraction of sp³-hybridized carbons (Fsp3) is 0.529. The summed E-state index contributed by atoms with van der Waals surface area (Å²) in [7, 11) is 0. The van der Waals surface area contributed by atoms with Gasteiger partial charge in [0.25, 0.3) is 0 Å². The lowest BCUT2D eigenvalue weighted by molar-refractivity contribution is -0.129. The van der Waals surface area contributed by atoms with Gasteiger partial charge in [0.05, 0.1) is 6.42 Å². The Balaban J connectivity index is 2.60. The van der Waals surface area contributed by atoms with Crippen molar-refractivity contribution in [2.45, 2.75) is 45.7 Å². The lowest BCUT2D eigenvalue weighted by Gasteiger charge is -2.25. The van der Waals surface area contributed by atoms with Gasteiger partial charge in [0.15, 0.2) is 0 Å². The minimum Gasteiger partial charge on any atom is -0.352 e. The average molecular weight is 305 g/mol. The Morgan fingerprint density at radius 3 is 2.27 bits per heavy atom. The van der Waals surface area contributed by atoms with Gasteiger partial charge in [-0.15, -0.1) is 0 Å². The Bertz CT molecular complexity index is 492. The summed E-state index contributed by atoms with van der Waals surface area (Å²) < 4.78 is 0. The summed E-state index contributed by atoms with van der Waals surface area (Å²) in [6, 6.07) is 8.90. The zero-order valence-corrected chi connectivity index (χ0v) is 13.8. The minimum absolute atomic E-state index is 0.000565. The normalized spacial score (nSPS) is 12.8. The van der Waals surface area contributed by atoms with Crippen molar-refractivity contribution in [2.75, 3.05) is 6.54 Å². The molecule has 0 fully saturated rings. The van der Waals surface area contributed by atoms with Crippen molar-refractivity contribution in [2.24, 2.45) is 11.7 Å². The van der Waals surface area contributed by atoms with E-state index < -0.39 is 11.6 Å². The van der Waals surface area contributed by atoms with Crippen LogP contribution in [0.4, 0.5) is 0 Å². The van der Waals surface area contributed by atoms with Crippen LogP contribution in [0.3, 0.4) is 0 Å². The van der Waals surface area contributed by atoms with Gasteiger partial charge >= 0.3 is 0 Å². The third-order valence-corrected chi connectivity index (χ3v) is 3.19. The Kier molecular flexibility index (Phi) is 6.56. The van der Waals surface area contributed by atoms with Crippen molar-refractivity contribution in [1.29, 1.82) is 0 Å². The van der Waals surface area contributed by atoms with Crippen LogP contribution in [0.15, 0.2) is 30.3 Å². The zero-order valence-electron chi connectivity index (χ0n) is 13.8. The summed E-state index contributed by atoms with van der Waals surface area (Å²) in [6.07, 6.45) is 0.264. The number of hydrogen-bond donors (Lipinski definition) is 3. The van der Waals surface area contributed by atoms with Crippen LogP contribution < -0.4 is 16.4 Å². The van der Waals surface area contributed by atoms with Crippen LogP contribution in [0.5, 0.6) is 0 Å². The van der Waals surface area contributed by atoms with E-state index in [9.17, 15) is 9.59 Å². The molecule has 5 heteroatoms. The van der Waals surface area contributed by atoms with Gasteiger partial charge in [-0.25, -0.2) is 0 Å². The highest BCUT2D eigenvalue weighted by molar-refractivity contribution is 5.88. The lowest BCUT2D eigenvalue weighted by Crippen LogP contribution is -2.54. The maximum atomic E-state index is 12.2. The van der Waals surface area contributed by atoms with E-state index in [1.165, 1.54) is 0 Å². The Hall–Kier alpha value is -1.88. The predicted molar refractivity (Wildman–Crippen MR) is 88.2 cm³/mol. The number of carbonyl (C=O) groups is 2. The summed E-state index contributed by atoms with van der Waals surface area (Å²) >= 11 is 0. The van der Waals surface area contributed by atoms with Gasteiger partial charge in [-0.3, -0.25) is 9.59 Å². The molecule has 1 atom stereocenters. The summed E-state index contributed by atoms with van der Waals surface area (Å²) in [5.74, 6) is -0.359. The molecule has 0 saturated carbocycles. The van der Waals surface area contributed by atoms with Crippen molar-refractivity contribution < 1.29 is 9.59 Å². The highest BCUT2D eigenvalue weighted by Gasteiger charge is 2.25. The van der Waals surface area contributed by atoms with Gasteiger partial charge < -0.3 is 16.4 Å². The zero-order chi connectivity index (χ0) is 16.8. The van der Waals surface area contributed by atoms with Crippen LogP contribution in [-0.4, -0.2) is 29.9 Å². The molecule has 0 spiro atoms. The van der Waals surface area contributed by atoms with Gasteiger partial charge in [-0.2, -0.15) is 0 Å². The second-order valence-corrected chi connectivity index (χ2v) is 6.66. The largest absolute Gasteiger partial charge is 0.352 e. The van der Waals surface area contributed by atoms with Gasteiger partial charge in [0.1, 0.15) is 6.04 Å². The average Bonchev–Trinajstić information content (AvgIpc) is 2.42. The third kappa shape index (κ3) is 6.72. The number of nitrogens with one attached hydrogen (secondary N) is 2. The molecule has 0 aliphatic heterocycles. The molecule has 0 bridgehead atoms. The minimum atomic E-state index is -0.557. The first-order chi connectivity index (χ1) is 10.2. The maximum Gasteiger partial charge on any atom is 0.242 e. The van der Waals surface area contributed by atoms with Crippen molar-refractivity contribution in [3.63, 3.8) is 0 Å². The molecule has 0 saturated heterocycles. The highest BCUT2D eigenvalue weighted by atomic mass is 16.2. The number of nitrogens with two attached hydrogens (primary N) is 1. The molecule has 0 heterocycles. The van der Waals surface area contributed by atoms with E-state index in [4.69, 9.17) is 5.73 Å². The molecule has 122 valence electrons. The molecule has 0 aliphatic carbocycles. The second-order valence-electron chi connectivity index (χ2n) is 6.66. The van der Waals surface area contributed by atoms with Crippen molar-refractivity contribution in [1.82, 2.24) is 10.6 Å². The van der Waals surface area contributed by atoms with Crippen LogP contribution in [0.25, 0.3) is 0 Å². The number of rotatable bonds is 7. The summed E-state index contributed by atoms with van der Waals surface area (Å²) in [5.41, 5.74) is 6.30. The standard InChI is InChI=1S/C17H27N3O2/c1-12(2)15(16(22)19-11-17(3,4)18)20-14(21)10-13-8-6-5-7-9-13/h5-9,12,15H,10-11,18H2,1-4H3,(H,19,22)(H,20,21). The lowest BCUT2D eigenvalue weighted by atomic mass is 10.0. The Labute approximate surface area is 132 Å². The molecule has 0 aliphatic rings. The second kappa shape index (κ2) is 7.94. The molecular formula is C17H27N3O2. The smallest absolute Gasteiger partial charge is 0.242 e. The number of carbonyl (C=O) groups excluding carboxylic acids is 2. The first kappa shape index (κ1) is 18.2. The molecule has 0 aromatic heterocycles. The summed E-state index contributed by atoms with van der Waals surface area (Å²) in [4.78, 5) is 24.4. The van der Waals surface area contributed by atoms with Crippen molar-refractivity contribution >= 4 is 11.8 Å². The molecule has 22 heavy (non-hydrogen) atoms. The van der Waals surface area contributed by atoms with E-state index in [2.05, 4.69) is 10.6 Å². The topological polar surface area (TPSA) is 84.2 Å². The first-order valence-corrected chi connectivity index (χ1v) is 7.59. The third-order valence-electron chi connectivity index (χ3n) is 3.19. The Morgan fingerprint density at radius 2 is 1.77 bits per heavy atom. The number of hydrogen-bond acceptors (Lipinski definition) is 3. The first-order valence-electron chi connectivity index (χ1n) is 7.59. The van der Waals surface area contributed by atoms with Crippen LogP contribution in [-0.2, 0) is 16.0 Å². The van der Waals surface area contributed by atoms with Crippen molar-refractivity contribution in [3.05, 3.63) is 35.9 Å². The van der Waals surface area contributed by atoms with E-state index in [0.29, 0.717) is 6.54 Å². The monoisotopic (exact) mass is 305 g/mol. The fourth-order valence-electron chi connectivity index (χ4n) is 1.97. The summed E-state index contributed by atoms with van der Waals surface area (Å²) in [5, 5.41) is 5.60. The molecular weight excluding hydrogens is 278 g/mol. The molecule has 1 aromatic rings. The van der Waals surface area contributed by atoms with Crippen LogP contribution >= 0.6 is 0 Å². The quantitative estimate of drug-likeness (QED) is 0.708. The van der Waals surface area contributed by atoms with E-state index in [1.807, 2.05) is 58.0 Å². The molecule has 4 N–H and O–H groups in total. The molecule has 0 radical (unpaired) electrons. The number of amides is 2. The van der Waals surface area contributed by atoms with Crippen LogP contribution in [0.2, 0.25) is 0 Å². The maximum absolute atomic E-state index is 12.2. The molecule has 2 amide bonds. The van der Waals surface area contributed by atoms with E-state index in [0.717, 1.165) is 5.56 Å². The van der Waals surface area contributed by atoms with E-state index >= 15 is 0 Å². The van der Waals surface area contributed by atoms with Gasteiger partial charge in [0, 0.05) is 12.1 Å². The van der Waals surface area contributed by atoms with Gasteiger partial charge in [-0.05, 0) is 25.3 Å². The fourth-order valence-corrected chi connectivity index (χ4v) is 1.97. The predicted octanol–water partition coefficient (Wildman–Crippen LogP) is 1.22. The van der Waals surface area contributed by atoms with Gasteiger partial charge in [0.2, 0.25) is 11.8 Å². The van der Waals surface area contributed by atoms with Crippen LogP contribution in [0.1, 0.15) is 33.3 Å². The van der Waals surface area contributed by atoms with Crippen molar-refractivity contribution in [3.8, 4) is 0 Å². The van der Waals surface area contributed by atoms with E-state index in [1.54, 1.807) is 0 Å². The summed E-state index contributed by atoms with van der Waals surface area (Å²) in [6.45, 7) is 7.85. The highest BCUT2D eigenvalue weighted by Crippen LogP contribution is 2.05.